The Morgan fingerprint density at radius 1 is 0.865 bits per heavy atom. The van der Waals surface area contributed by atoms with Crippen molar-refractivity contribution in [3.05, 3.63) is 82.8 Å². The quantitative estimate of drug-likeness (QED) is 0.0299. The van der Waals surface area contributed by atoms with Crippen molar-refractivity contribution in [1.29, 1.82) is 0 Å². The van der Waals surface area contributed by atoms with Gasteiger partial charge >= 0.3 is 6.09 Å². The third-order valence-electron chi connectivity index (χ3n) is 11.8. The summed E-state index contributed by atoms with van der Waals surface area (Å²) in [4.78, 5) is 105. The minimum absolute atomic E-state index is 0.0651. The van der Waals surface area contributed by atoms with Crippen molar-refractivity contribution in [3.8, 4) is 23.0 Å². The molecule has 4 heterocycles. The van der Waals surface area contributed by atoms with Gasteiger partial charge < -0.3 is 60.2 Å². The van der Waals surface area contributed by atoms with Crippen LogP contribution in [0, 0.1) is 5.92 Å². The van der Waals surface area contributed by atoms with Crippen LogP contribution in [-0.2, 0) is 46.7 Å². The highest BCUT2D eigenvalue weighted by atomic mass is 16.7. The Bertz CT molecular complexity index is 2900. The van der Waals surface area contributed by atoms with Crippen molar-refractivity contribution in [2.24, 2.45) is 11.7 Å². The predicted octanol–water partition coefficient (Wildman–Crippen LogP) is 4.12. The molecular formula is C52H65N9O13. The molecule has 0 saturated heterocycles. The molecule has 22 heteroatoms. The number of methoxy groups -OCH3 is 2. The number of anilines is 1. The number of aromatic nitrogens is 2. The van der Waals surface area contributed by atoms with E-state index >= 15 is 0 Å². The molecule has 0 fully saturated rings. The van der Waals surface area contributed by atoms with Crippen molar-refractivity contribution >= 4 is 80.3 Å². The van der Waals surface area contributed by atoms with Crippen LogP contribution >= 0.6 is 0 Å². The molecular weight excluding hydrogens is 959 g/mol. The molecule has 0 spiro atoms. The topological polar surface area (TPSA) is 281 Å². The number of imide groups is 1. The fraction of sp³-hybridized carbons (Fsp3) is 0.404. The first-order chi connectivity index (χ1) is 35.6. The maximum Gasteiger partial charge on any atom is 0.409 e. The number of carbonyl (C=O) groups excluding carboxylic acids is 7. The summed E-state index contributed by atoms with van der Waals surface area (Å²) in [5.74, 6) is -0.344. The van der Waals surface area contributed by atoms with Crippen LogP contribution in [0.1, 0.15) is 58.4 Å². The summed E-state index contributed by atoms with van der Waals surface area (Å²) >= 11 is 0. The number of likely N-dealkylation sites (N-methyl/N-ethyl adjacent to an activating group) is 1. The summed E-state index contributed by atoms with van der Waals surface area (Å²) in [7, 11) is 6.55. The number of fused-ring (bicyclic) bond motifs is 6. The van der Waals surface area contributed by atoms with Gasteiger partial charge in [0.25, 0.3) is 17.4 Å². The molecule has 7 rings (SSSR count). The van der Waals surface area contributed by atoms with Crippen molar-refractivity contribution in [3.63, 3.8) is 0 Å². The van der Waals surface area contributed by atoms with Gasteiger partial charge in [-0.05, 0) is 74.7 Å². The summed E-state index contributed by atoms with van der Waals surface area (Å²) in [5, 5.41) is 13.4. The van der Waals surface area contributed by atoms with Crippen LogP contribution in [-0.4, -0.2) is 129 Å². The predicted molar refractivity (Wildman–Crippen MR) is 277 cm³/mol. The first kappa shape index (κ1) is 56.6. The molecule has 74 heavy (non-hydrogen) atoms. The van der Waals surface area contributed by atoms with Gasteiger partial charge in [0.05, 0.1) is 37.2 Å². The summed E-state index contributed by atoms with van der Waals surface area (Å²) in [5.41, 5.74) is 6.13. The average molecular weight is 1020 g/mol. The van der Waals surface area contributed by atoms with Gasteiger partial charge in [0, 0.05) is 79.4 Å². The summed E-state index contributed by atoms with van der Waals surface area (Å²) in [6, 6.07) is 12.7. The number of hydrogen-bond acceptors (Lipinski definition) is 15. The van der Waals surface area contributed by atoms with Crippen molar-refractivity contribution in [1.82, 2.24) is 35.3 Å². The normalized spacial score (nSPS) is 12.7. The zero-order valence-electron chi connectivity index (χ0n) is 42.7. The van der Waals surface area contributed by atoms with E-state index in [1.54, 1.807) is 80.2 Å². The molecule has 0 radical (unpaired) electrons. The van der Waals surface area contributed by atoms with E-state index in [-0.39, 0.29) is 81.6 Å². The highest BCUT2D eigenvalue weighted by Gasteiger charge is 2.26. The van der Waals surface area contributed by atoms with Gasteiger partial charge in [-0.1, -0.05) is 39.3 Å². The molecule has 5 aromatic rings. The fourth-order valence-corrected chi connectivity index (χ4v) is 7.97. The van der Waals surface area contributed by atoms with Crippen LogP contribution in [0.3, 0.4) is 0 Å². The number of hydrogen-bond donors (Lipinski definition) is 5. The Labute approximate surface area is 427 Å². The number of unbranched alkanes of at least 4 members (excludes halogenated alkanes) is 2. The minimum Gasteiger partial charge on any atom is -0.493 e. The number of rotatable bonds is 21. The van der Waals surface area contributed by atoms with Gasteiger partial charge in [0.15, 0.2) is 23.0 Å². The number of ether oxygens (including phenoxy) is 5. The third-order valence-corrected chi connectivity index (χ3v) is 11.8. The Morgan fingerprint density at radius 2 is 1.51 bits per heavy atom. The van der Waals surface area contributed by atoms with Crippen molar-refractivity contribution in [2.75, 3.05) is 66.6 Å². The van der Waals surface area contributed by atoms with Gasteiger partial charge in [-0.15, -0.1) is 0 Å². The van der Waals surface area contributed by atoms with Gasteiger partial charge in [-0.3, -0.25) is 43.4 Å². The second-order valence-electron chi connectivity index (χ2n) is 17.4. The van der Waals surface area contributed by atoms with Gasteiger partial charge in [-0.2, -0.15) is 0 Å². The van der Waals surface area contributed by atoms with Crippen molar-refractivity contribution in [2.45, 2.75) is 72.1 Å². The molecule has 396 valence electrons. The number of amides is 7. The minimum atomic E-state index is -0.863. The van der Waals surface area contributed by atoms with Gasteiger partial charge in [0.2, 0.25) is 30.9 Å². The van der Waals surface area contributed by atoms with Crippen molar-refractivity contribution < 1.29 is 57.2 Å². The lowest BCUT2D eigenvalue weighted by atomic mass is 10.0. The lowest BCUT2D eigenvalue weighted by Gasteiger charge is -2.21. The number of nitrogens with zero attached hydrogens (tertiary/aromatic N) is 4. The lowest BCUT2D eigenvalue weighted by molar-refractivity contribution is -0.137. The number of pyridine rings is 2. The van der Waals surface area contributed by atoms with E-state index in [1.165, 1.54) is 37.7 Å². The van der Waals surface area contributed by atoms with E-state index < -0.39 is 23.9 Å². The van der Waals surface area contributed by atoms with Gasteiger partial charge in [0.1, 0.15) is 12.6 Å². The Kier molecular flexibility index (Phi) is 21.1. The van der Waals surface area contributed by atoms with Crippen LogP contribution in [0.2, 0.25) is 0 Å². The summed E-state index contributed by atoms with van der Waals surface area (Å²) in [6.45, 7) is 7.00. The first-order valence-electron chi connectivity index (χ1n) is 24.1. The zero-order chi connectivity index (χ0) is 53.9. The third kappa shape index (κ3) is 14.7. The molecule has 2 aliphatic rings. The molecule has 3 aromatic carbocycles. The molecule has 0 bridgehead atoms. The largest absolute Gasteiger partial charge is 0.493 e. The second kappa shape index (κ2) is 27.5. The first-order valence-corrected chi connectivity index (χ1v) is 24.1. The molecule has 0 aliphatic carbocycles. The van der Waals surface area contributed by atoms with E-state index in [0.29, 0.717) is 86.1 Å². The molecule has 2 aromatic heterocycles. The maximum absolute atomic E-state index is 14.3. The van der Waals surface area contributed by atoms with E-state index in [1.807, 2.05) is 7.05 Å². The van der Waals surface area contributed by atoms with Crippen LogP contribution < -0.4 is 51.5 Å². The maximum atomic E-state index is 14.3. The molecule has 7 amide bonds. The fourth-order valence-electron chi connectivity index (χ4n) is 7.97. The standard InChI is InChI=1S/C47H51N7O12.C4H11N.CH3NO/c1-27(2)43(51-39(55)9-7-6-8-16-53-41(57)14-15-42(53)58)45(59)49-24-40(56)50-29-12-10-28(11-13-29)25-64-47(61)52(3)17-18-54-44-32-21-37-38(66-26-65-37)22-34(32)48-23-33(44)30-19-35(62-4)36(63-5)20-31(30)46(54)60;1-3-4-5-2;2-1-3/h10-15,19-23,27,43H,6-9,16-18,24-26H2,1-5H3,(H,49,59)(H,50,56)(H,51,55);5H,3-4H2,1-2H3;1H,(H2,2,3). The number of primary amides is 1. The number of carbonyl (C=O) groups is 7. The summed E-state index contributed by atoms with van der Waals surface area (Å²) in [6.07, 6.45) is 6.86. The lowest BCUT2D eigenvalue weighted by Crippen LogP contribution is -2.51. The van der Waals surface area contributed by atoms with E-state index in [9.17, 15) is 33.6 Å². The molecule has 0 saturated carbocycles. The Balaban J connectivity index is 0.00000118. The van der Waals surface area contributed by atoms with Gasteiger partial charge in [-0.25, -0.2) is 4.79 Å². The molecule has 2 aliphatic heterocycles. The number of nitrogens with two attached hydrogens (primary N) is 1. The van der Waals surface area contributed by atoms with E-state index in [0.717, 1.165) is 11.4 Å². The Hall–Kier alpha value is -8.27. The smallest absolute Gasteiger partial charge is 0.409 e. The molecule has 1 unspecified atom stereocenters. The summed E-state index contributed by atoms with van der Waals surface area (Å²) < 4.78 is 29.5. The SMILES string of the molecule is CCCNC.COc1cc2c(=O)n(CCN(C)C(=O)OCc3ccc(NC(=O)CNC(=O)C(NC(=O)CCCCCN4C(=O)C=CC4=O)C(C)C)cc3)c3c4cc5c(cc4ncc3c2cc1OC)OCO5.NC=O. The van der Waals surface area contributed by atoms with E-state index in [2.05, 4.69) is 38.9 Å². The zero-order valence-corrected chi connectivity index (χ0v) is 42.7. The Morgan fingerprint density at radius 3 is 2.12 bits per heavy atom. The van der Waals surface area contributed by atoms with E-state index in [4.69, 9.17) is 28.5 Å². The highest BCUT2D eigenvalue weighted by Crippen LogP contribution is 2.40. The van der Waals surface area contributed by atoms with Crippen LogP contribution in [0.5, 0.6) is 23.0 Å². The average Bonchev–Trinajstić information content (AvgIpc) is 3.99. The highest BCUT2D eigenvalue weighted by molar-refractivity contribution is 6.15. The second-order valence-corrected chi connectivity index (χ2v) is 17.4. The molecule has 22 nitrogen and oxygen atoms in total. The molecule has 1 atom stereocenters. The monoisotopic (exact) mass is 1020 g/mol. The van der Waals surface area contributed by atoms with Crippen LogP contribution in [0.4, 0.5) is 10.5 Å². The number of nitrogens with one attached hydrogen (secondary N) is 4. The van der Waals surface area contributed by atoms with Crippen LogP contribution in [0.25, 0.3) is 32.6 Å². The molecule has 6 N–H and O–H groups in total. The number of benzene rings is 3. The van der Waals surface area contributed by atoms with Crippen LogP contribution in [0.15, 0.2) is 71.7 Å².